The van der Waals surface area contributed by atoms with E-state index in [4.69, 9.17) is 37.9 Å². The van der Waals surface area contributed by atoms with E-state index < -0.39 is 30.3 Å². The lowest BCUT2D eigenvalue weighted by molar-refractivity contribution is -0.185. The third kappa shape index (κ3) is 10.4. The minimum Gasteiger partial charge on any atom is -0.491 e. The van der Waals surface area contributed by atoms with E-state index in [9.17, 15) is 4.79 Å². The van der Waals surface area contributed by atoms with Gasteiger partial charge in [-0.3, -0.25) is 0 Å². The highest BCUT2D eigenvalue weighted by Gasteiger charge is 2.42. The highest BCUT2D eigenvalue weighted by molar-refractivity contribution is 5.75. The van der Waals surface area contributed by atoms with Crippen LogP contribution in [0.3, 0.4) is 0 Å². The van der Waals surface area contributed by atoms with E-state index in [-0.39, 0.29) is 26.8 Å². The van der Waals surface area contributed by atoms with Gasteiger partial charge in [-0.2, -0.15) is 0 Å². The SMILES string of the molecule is COCCOCO[C@@H]1[C@@H](OCOCCOC)[C@H](COc2ccccc2)NC(=O)N[C@H]1COc1ccccc1. The van der Waals surface area contributed by atoms with E-state index in [1.165, 1.54) is 0 Å². The standard InChI is InChI=1S/C27H38N2O9/c1-31-13-15-33-19-37-25-23(17-35-21-9-5-3-6-10-21)28-27(30)29-24(18-36-22-11-7-4-8-12-22)26(25)38-20-34-16-14-32-2/h3-12,23-26H,13-20H2,1-2H3,(H2,28,29,30)/t23-,24-,25-,26-/m0/s1. The second-order valence-corrected chi connectivity index (χ2v) is 8.38. The zero-order valence-electron chi connectivity index (χ0n) is 21.9. The second kappa shape index (κ2) is 17.6. The normalized spacial score (nSPS) is 21.3. The van der Waals surface area contributed by atoms with Gasteiger partial charge in [0.15, 0.2) is 0 Å². The molecule has 0 aromatic heterocycles. The van der Waals surface area contributed by atoms with Gasteiger partial charge in [0.25, 0.3) is 0 Å². The molecule has 38 heavy (non-hydrogen) atoms. The number of para-hydroxylation sites is 2. The quantitative estimate of drug-likeness (QED) is 0.219. The minimum absolute atomic E-state index is 0.0393. The molecule has 0 unspecified atom stereocenters. The maximum Gasteiger partial charge on any atom is 0.315 e. The van der Waals surface area contributed by atoms with Crippen LogP contribution in [0, 0.1) is 0 Å². The average molecular weight is 535 g/mol. The van der Waals surface area contributed by atoms with Gasteiger partial charge < -0.3 is 48.5 Å². The van der Waals surface area contributed by atoms with Gasteiger partial charge in [0.05, 0.1) is 38.5 Å². The van der Waals surface area contributed by atoms with E-state index in [1.54, 1.807) is 14.2 Å². The molecule has 2 amide bonds. The Morgan fingerprint density at radius 1 is 0.632 bits per heavy atom. The molecule has 11 heteroatoms. The smallest absolute Gasteiger partial charge is 0.315 e. The first-order valence-corrected chi connectivity index (χ1v) is 12.5. The van der Waals surface area contributed by atoms with E-state index in [0.717, 1.165) is 0 Å². The van der Waals surface area contributed by atoms with Gasteiger partial charge in [0, 0.05) is 14.2 Å². The van der Waals surface area contributed by atoms with Crippen molar-refractivity contribution >= 4 is 6.03 Å². The summed E-state index contributed by atoms with van der Waals surface area (Å²) < 4.78 is 45.5. The fourth-order valence-electron chi connectivity index (χ4n) is 3.76. The summed E-state index contributed by atoms with van der Waals surface area (Å²) in [6, 6.07) is 17.1. The highest BCUT2D eigenvalue weighted by atomic mass is 16.7. The fourth-order valence-corrected chi connectivity index (χ4v) is 3.76. The molecule has 2 aromatic rings. The summed E-state index contributed by atoms with van der Waals surface area (Å²) in [5, 5.41) is 5.89. The number of methoxy groups -OCH3 is 2. The molecule has 0 saturated carbocycles. The number of benzene rings is 2. The lowest BCUT2D eigenvalue weighted by Crippen LogP contribution is -2.54. The van der Waals surface area contributed by atoms with Crippen LogP contribution in [0.2, 0.25) is 0 Å². The largest absolute Gasteiger partial charge is 0.491 e. The zero-order valence-corrected chi connectivity index (χ0v) is 21.9. The van der Waals surface area contributed by atoms with Gasteiger partial charge in [-0.1, -0.05) is 36.4 Å². The molecule has 1 heterocycles. The van der Waals surface area contributed by atoms with Crippen LogP contribution in [-0.4, -0.2) is 97.8 Å². The minimum atomic E-state index is -0.671. The number of nitrogens with one attached hydrogen (secondary N) is 2. The predicted molar refractivity (Wildman–Crippen MR) is 138 cm³/mol. The van der Waals surface area contributed by atoms with Crippen molar-refractivity contribution in [3.8, 4) is 11.5 Å². The van der Waals surface area contributed by atoms with Crippen molar-refractivity contribution < 1.29 is 42.7 Å². The van der Waals surface area contributed by atoms with Crippen LogP contribution in [0.15, 0.2) is 60.7 Å². The number of amides is 2. The Morgan fingerprint density at radius 2 is 1.05 bits per heavy atom. The van der Waals surface area contributed by atoms with Crippen LogP contribution in [0.4, 0.5) is 4.79 Å². The summed E-state index contributed by atoms with van der Waals surface area (Å²) in [5.74, 6) is 1.33. The number of hydrogen-bond donors (Lipinski definition) is 2. The molecule has 0 aliphatic carbocycles. The van der Waals surface area contributed by atoms with Gasteiger partial charge in [-0.05, 0) is 24.3 Å². The van der Waals surface area contributed by atoms with Crippen LogP contribution in [0.5, 0.6) is 11.5 Å². The Hall–Kier alpha value is -2.93. The van der Waals surface area contributed by atoms with Gasteiger partial charge in [-0.25, -0.2) is 4.79 Å². The molecule has 0 radical (unpaired) electrons. The van der Waals surface area contributed by atoms with Crippen molar-refractivity contribution in [2.75, 3.05) is 67.4 Å². The van der Waals surface area contributed by atoms with Gasteiger partial charge >= 0.3 is 6.03 Å². The second-order valence-electron chi connectivity index (χ2n) is 8.38. The summed E-state index contributed by atoms with van der Waals surface area (Å²) in [4.78, 5) is 12.9. The number of ether oxygens (including phenoxy) is 8. The van der Waals surface area contributed by atoms with Gasteiger partial charge in [-0.15, -0.1) is 0 Å². The molecule has 3 rings (SSSR count). The molecule has 11 nitrogen and oxygen atoms in total. The molecule has 1 fully saturated rings. The lowest BCUT2D eigenvalue weighted by atomic mass is 10.0. The molecule has 4 atom stereocenters. The summed E-state index contributed by atoms with van der Waals surface area (Å²) in [5.41, 5.74) is 0. The number of carbonyl (C=O) groups excluding carboxylic acids is 1. The summed E-state index contributed by atoms with van der Waals surface area (Å²) in [6.45, 7) is 1.75. The maximum atomic E-state index is 12.9. The van der Waals surface area contributed by atoms with Crippen LogP contribution in [-0.2, 0) is 28.4 Å². The Bertz CT molecular complexity index is 819. The monoisotopic (exact) mass is 534 g/mol. The Kier molecular flexibility index (Phi) is 13.7. The third-order valence-corrected chi connectivity index (χ3v) is 5.65. The molecule has 2 aromatic carbocycles. The summed E-state index contributed by atoms with van der Waals surface area (Å²) in [6.07, 6.45) is -1.34. The summed E-state index contributed by atoms with van der Waals surface area (Å²) in [7, 11) is 3.19. The Balaban J connectivity index is 1.77. The average Bonchev–Trinajstić information content (AvgIpc) is 3.07. The molecular weight excluding hydrogens is 496 g/mol. The van der Waals surface area contributed by atoms with Crippen LogP contribution in [0.25, 0.3) is 0 Å². The molecule has 0 bridgehead atoms. The summed E-state index contributed by atoms with van der Waals surface area (Å²) >= 11 is 0. The van der Waals surface area contributed by atoms with Crippen molar-refractivity contribution in [3.63, 3.8) is 0 Å². The van der Waals surface area contributed by atoms with Crippen LogP contribution in [0.1, 0.15) is 0 Å². The van der Waals surface area contributed by atoms with E-state index >= 15 is 0 Å². The predicted octanol–water partition coefficient (Wildman–Crippen LogP) is 2.21. The molecule has 1 aliphatic rings. The molecule has 2 N–H and O–H groups in total. The van der Waals surface area contributed by atoms with E-state index in [2.05, 4.69) is 10.6 Å². The van der Waals surface area contributed by atoms with Crippen molar-refractivity contribution in [2.24, 2.45) is 0 Å². The Labute approximate surface area is 223 Å². The third-order valence-electron chi connectivity index (χ3n) is 5.65. The van der Waals surface area contributed by atoms with E-state index in [0.29, 0.717) is 37.9 Å². The van der Waals surface area contributed by atoms with E-state index in [1.807, 2.05) is 60.7 Å². The van der Waals surface area contributed by atoms with Gasteiger partial charge in [0.2, 0.25) is 0 Å². The maximum absolute atomic E-state index is 12.9. The molecule has 0 spiro atoms. The van der Waals surface area contributed by atoms with Gasteiger partial charge in [0.1, 0.15) is 50.5 Å². The first kappa shape index (κ1) is 29.6. The number of urea groups is 1. The van der Waals surface area contributed by atoms with Crippen molar-refractivity contribution in [1.82, 2.24) is 10.6 Å². The molecule has 1 saturated heterocycles. The zero-order chi connectivity index (χ0) is 26.8. The van der Waals surface area contributed by atoms with Crippen LogP contribution >= 0.6 is 0 Å². The fraction of sp³-hybridized carbons (Fsp3) is 0.519. The number of carbonyl (C=O) groups is 1. The first-order chi connectivity index (χ1) is 18.7. The van der Waals surface area contributed by atoms with Crippen molar-refractivity contribution in [1.29, 1.82) is 0 Å². The molecule has 210 valence electrons. The number of hydrogen-bond acceptors (Lipinski definition) is 9. The number of rotatable bonds is 18. The van der Waals surface area contributed by atoms with Crippen molar-refractivity contribution in [2.45, 2.75) is 24.3 Å². The topological polar surface area (TPSA) is 115 Å². The highest BCUT2D eigenvalue weighted by Crippen LogP contribution is 2.20. The lowest BCUT2D eigenvalue weighted by Gasteiger charge is -2.34. The Morgan fingerprint density at radius 3 is 1.45 bits per heavy atom. The molecular formula is C27H38N2O9. The van der Waals surface area contributed by atoms with Crippen molar-refractivity contribution in [3.05, 3.63) is 60.7 Å². The van der Waals surface area contributed by atoms with Crippen LogP contribution < -0.4 is 20.1 Å². The first-order valence-electron chi connectivity index (χ1n) is 12.5. The molecule has 1 aliphatic heterocycles.